The minimum atomic E-state index is 0.404. The van der Waals surface area contributed by atoms with Gasteiger partial charge in [0.15, 0.2) is 0 Å². The van der Waals surface area contributed by atoms with E-state index in [4.69, 9.17) is 22.1 Å². The summed E-state index contributed by atoms with van der Waals surface area (Å²) >= 11 is 6.09. The number of hydrogen-bond donors (Lipinski definition) is 1. The lowest BCUT2D eigenvalue weighted by Gasteiger charge is -2.12. The number of aromatic nitrogens is 1. The molecule has 2 aromatic rings. The highest BCUT2D eigenvalue weighted by atomic mass is 35.5. The molecule has 1 aromatic heterocycles. The van der Waals surface area contributed by atoms with Gasteiger partial charge in [-0.2, -0.15) is 0 Å². The Kier molecular flexibility index (Phi) is 4.50. The standard InChI is InChI=1S/C16H19ClN2O/c1-4-12-7-13(5-6-14(12)17)20-9-15-11(3)16(18)10(2)8-19-15/h5-8H,4,9H2,1-3H3,(H2,18,19). The monoisotopic (exact) mass is 290 g/mol. The van der Waals surface area contributed by atoms with Crippen molar-refractivity contribution in [2.24, 2.45) is 0 Å². The van der Waals surface area contributed by atoms with Crippen LogP contribution in [0.4, 0.5) is 5.69 Å². The molecule has 0 atom stereocenters. The smallest absolute Gasteiger partial charge is 0.131 e. The van der Waals surface area contributed by atoms with Crippen molar-refractivity contribution in [1.82, 2.24) is 4.98 Å². The summed E-state index contributed by atoms with van der Waals surface area (Å²) in [6.07, 6.45) is 2.66. The molecule has 0 saturated heterocycles. The molecule has 3 nitrogen and oxygen atoms in total. The summed E-state index contributed by atoms with van der Waals surface area (Å²) in [4.78, 5) is 4.38. The number of halogens is 1. The van der Waals surface area contributed by atoms with Crippen LogP contribution in [0.5, 0.6) is 5.75 Å². The van der Waals surface area contributed by atoms with Crippen molar-refractivity contribution in [3.8, 4) is 5.75 Å². The van der Waals surface area contributed by atoms with Gasteiger partial charge in [0.05, 0.1) is 5.69 Å². The van der Waals surface area contributed by atoms with E-state index in [2.05, 4.69) is 11.9 Å². The van der Waals surface area contributed by atoms with Crippen LogP contribution in [0.2, 0.25) is 5.02 Å². The lowest BCUT2D eigenvalue weighted by atomic mass is 10.1. The average molecular weight is 291 g/mol. The van der Waals surface area contributed by atoms with E-state index in [1.807, 2.05) is 32.0 Å². The number of hydrogen-bond acceptors (Lipinski definition) is 3. The first kappa shape index (κ1) is 14.7. The van der Waals surface area contributed by atoms with Gasteiger partial charge in [0.25, 0.3) is 0 Å². The van der Waals surface area contributed by atoms with Crippen molar-refractivity contribution >= 4 is 17.3 Å². The van der Waals surface area contributed by atoms with Crippen LogP contribution in [0.15, 0.2) is 24.4 Å². The van der Waals surface area contributed by atoms with E-state index in [0.717, 1.165) is 45.3 Å². The normalized spacial score (nSPS) is 10.6. The van der Waals surface area contributed by atoms with E-state index in [1.165, 1.54) is 0 Å². The number of pyridine rings is 1. The van der Waals surface area contributed by atoms with Crippen LogP contribution in [0.25, 0.3) is 0 Å². The molecule has 0 aliphatic rings. The summed E-state index contributed by atoms with van der Waals surface area (Å²) in [5.74, 6) is 0.798. The van der Waals surface area contributed by atoms with Crippen LogP contribution in [0.1, 0.15) is 29.3 Å². The number of benzene rings is 1. The van der Waals surface area contributed by atoms with E-state index in [-0.39, 0.29) is 0 Å². The van der Waals surface area contributed by atoms with Gasteiger partial charge in [-0.25, -0.2) is 0 Å². The molecule has 0 aliphatic carbocycles. The third kappa shape index (κ3) is 3.05. The molecule has 0 spiro atoms. The summed E-state index contributed by atoms with van der Waals surface area (Å²) in [6.45, 7) is 6.39. The van der Waals surface area contributed by atoms with Crippen LogP contribution in [0.3, 0.4) is 0 Å². The van der Waals surface area contributed by atoms with Crippen molar-refractivity contribution < 1.29 is 4.74 Å². The van der Waals surface area contributed by atoms with Gasteiger partial charge in [0.1, 0.15) is 12.4 Å². The number of nitrogens with zero attached hydrogens (tertiary/aromatic N) is 1. The van der Waals surface area contributed by atoms with E-state index in [1.54, 1.807) is 6.20 Å². The quantitative estimate of drug-likeness (QED) is 0.923. The Morgan fingerprint density at radius 2 is 2.05 bits per heavy atom. The maximum absolute atomic E-state index is 6.09. The molecule has 0 radical (unpaired) electrons. The second-order valence-corrected chi connectivity index (χ2v) is 5.23. The Morgan fingerprint density at radius 1 is 1.30 bits per heavy atom. The molecule has 106 valence electrons. The fourth-order valence-electron chi connectivity index (χ4n) is 2.00. The van der Waals surface area contributed by atoms with Crippen LogP contribution >= 0.6 is 11.6 Å². The highest BCUT2D eigenvalue weighted by Gasteiger charge is 2.07. The van der Waals surface area contributed by atoms with Gasteiger partial charge in [0.2, 0.25) is 0 Å². The number of rotatable bonds is 4. The van der Waals surface area contributed by atoms with E-state index < -0.39 is 0 Å². The molecule has 2 N–H and O–H groups in total. The van der Waals surface area contributed by atoms with Crippen LogP contribution in [-0.2, 0) is 13.0 Å². The van der Waals surface area contributed by atoms with Crippen molar-refractivity contribution in [3.63, 3.8) is 0 Å². The first-order chi connectivity index (χ1) is 9.52. The zero-order valence-corrected chi connectivity index (χ0v) is 12.8. The Bertz CT molecular complexity index is 626. The summed E-state index contributed by atoms with van der Waals surface area (Å²) in [5, 5.41) is 0.772. The van der Waals surface area contributed by atoms with Gasteiger partial charge in [-0.05, 0) is 55.2 Å². The molecule has 0 bridgehead atoms. The summed E-state index contributed by atoms with van der Waals surface area (Å²) < 4.78 is 5.79. The first-order valence-electron chi connectivity index (χ1n) is 6.64. The van der Waals surface area contributed by atoms with Crippen LogP contribution in [-0.4, -0.2) is 4.98 Å². The topological polar surface area (TPSA) is 48.1 Å². The molecule has 4 heteroatoms. The molecule has 0 unspecified atom stereocenters. The summed E-state index contributed by atoms with van der Waals surface area (Å²) in [7, 11) is 0. The van der Waals surface area contributed by atoms with Gasteiger partial charge in [-0.3, -0.25) is 4.98 Å². The highest BCUT2D eigenvalue weighted by molar-refractivity contribution is 6.31. The number of aryl methyl sites for hydroxylation is 2. The molecule has 0 amide bonds. The number of ether oxygens (including phenoxy) is 1. The van der Waals surface area contributed by atoms with Crippen molar-refractivity contribution in [2.75, 3.05) is 5.73 Å². The van der Waals surface area contributed by atoms with Crippen molar-refractivity contribution in [1.29, 1.82) is 0 Å². The lowest BCUT2D eigenvalue weighted by molar-refractivity contribution is 0.300. The molecule has 0 saturated carbocycles. The predicted molar refractivity (Wildman–Crippen MR) is 83.3 cm³/mol. The van der Waals surface area contributed by atoms with E-state index in [0.29, 0.717) is 6.61 Å². The van der Waals surface area contributed by atoms with Crippen molar-refractivity contribution in [3.05, 3.63) is 51.8 Å². The molecule has 1 aromatic carbocycles. The Morgan fingerprint density at radius 3 is 2.75 bits per heavy atom. The number of nitrogens with two attached hydrogens (primary N) is 1. The maximum Gasteiger partial charge on any atom is 0.131 e. The van der Waals surface area contributed by atoms with Crippen molar-refractivity contribution in [2.45, 2.75) is 33.8 Å². The van der Waals surface area contributed by atoms with Crippen LogP contribution < -0.4 is 10.5 Å². The third-order valence-corrected chi connectivity index (χ3v) is 3.82. The fourth-order valence-corrected chi connectivity index (χ4v) is 2.25. The fraction of sp³-hybridized carbons (Fsp3) is 0.312. The highest BCUT2D eigenvalue weighted by Crippen LogP contribution is 2.24. The average Bonchev–Trinajstić information content (AvgIpc) is 2.45. The zero-order chi connectivity index (χ0) is 14.7. The van der Waals surface area contributed by atoms with E-state index in [9.17, 15) is 0 Å². The Labute approximate surface area is 124 Å². The Hall–Kier alpha value is -1.74. The first-order valence-corrected chi connectivity index (χ1v) is 7.02. The zero-order valence-electron chi connectivity index (χ0n) is 12.0. The van der Waals surface area contributed by atoms with Gasteiger partial charge in [-0.15, -0.1) is 0 Å². The third-order valence-electron chi connectivity index (χ3n) is 3.45. The SMILES string of the molecule is CCc1cc(OCc2ncc(C)c(N)c2C)ccc1Cl. The molecular weight excluding hydrogens is 272 g/mol. The largest absolute Gasteiger partial charge is 0.487 e. The molecule has 2 rings (SSSR count). The second kappa shape index (κ2) is 6.14. The van der Waals surface area contributed by atoms with Crippen LogP contribution in [0, 0.1) is 13.8 Å². The lowest BCUT2D eigenvalue weighted by Crippen LogP contribution is -2.05. The predicted octanol–water partition coefficient (Wildman–Crippen LogP) is 4.08. The summed E-state index contributed by atoms with van der Waals surface area (Å²) in [6, 6.07) is 5.70. The maximum atomic E-state index is 6.09. The number of anilines is 1. The Balaban J connectivity index is 2.15. The second-order valence-electron chi connectivity index (χ2n) is 4.82. The molecule has 1 heterocycles. The van der Waals surface area contributed by atoms with Gasteiger partial charge in [-0.1, -0.05) is 18.5 Å². The number of nitrogen functional groups attached to an aromatic ring is 1. The molecule has 20 heavy (non-hydrogen) atoms. The molecular formula is C16H19ClN2O. The minimum absolute atomic E-state index is 0.404. The van der Waals surface area contributed by atoms with Gasteiger partial charge in [0, 0.05) is 16.9 Å². The van der Waals surface area contributed by atoms with E-state index >= 15 is 0 Å². The van der Waals surface area contributed by atoms with Gasteiger partial charge >= 0.3 is 0 Å². The molecule has 0 fully saturated rings. The minimum Gasteiger partial charge on any atom is -0.487 e. The summed E-state index contributed by atoms with van der Waals surface area (Å²) in [5.41, 5.74) is 10.7. The molecule has 0 aliphatic heterocycles. The van der Waals surface area contributed by atoms with Gasteiger partial charge < -0.3 is 10.5 Å².